The van der Waals surface area contributed by atoms with Crippen molar-refractivity contribution in [2.75, 3.05) is 7.05 Å². The topological polar surface area (TPSA) is 12.0 Å². The average molecular weight is 167 g/mol. The molecule has 0 saturated heterocycles. The van der Waals surface area contributed by atoms with Crippen molar-refractivity contribution >= 4 is 0 Å². The van der Waals surface area contributed by atoms with Gasteiger partial charge in [0.15, 0.2) is 0 Å². The quantitative estimate of drug-likeness (QED) is 0.632. The Morgan fingerprint density at radius 1 is 1.25 bits per heavy atom. The van der Waals surface area contributed by atoms with E-state index in [1.807, 2.05) is 0 Å². The molecule has 3 saturated carbocycles. The molecule has 1 heteroatoms. The van der Waals surface area contributed by atoms with Crippen LogP contribution in [0.2, 0.25) is 0 Å². The summed E-state index contributed by atoms with van der Waals surface area (Å²) < 4.78 is 0. The molecule has 3 aliphatic rings. The zero-order chi connectivity index (χ0) is 8.93. The van der Waals surface area contributed by atoms with Crippen LogP contribution >= 0.6 is 0 Å². The van der Waals surface area contributed by atoms with Crippen molar-refractivity contribution in [3.05, 3.63) is 0 Å². The molecule has 0 aromatic rings. The van der Waals surface area contributed by atoms with Gasteiger partial charge in [-0.2, -0.15) is 0 Å². The highest BCUT2D eigenvalue weighted by molar-refractivity contribution is 5.06. The van der Waals surface area contributed by atoms with Crippen LogP contribution in [0.25, 0.3) is 0 Å². The van der Waals surface area contributed by atoms with Gasteiger partial charge in [0, 0.05) is 6.04 Å². The van der Waals surface area contributed by atoms with Crippen LogP contribution in [0.1, 0.15) is 33.6 Å². The predicted molar refractivity (Wildman–Crippen MR) is 52.0 cm³/mol. The third-order valence-corrected chi connectivity index (χ3v) is 4.72. The lowest BCUT2D eigenvalue weighted by Gasteiger charge is -2.62. The van der Waals surface area contributed by atoms with Gasteiger partial charge < -0.3 is 5.32 Å². The first-order valence-electron chi connectivity index (χ1n) is 5.24. The number of hydrogen-bond acceptors (Lipinski definition) is 1. The Bertz CT molecular complexity index is 185. The van der Waals surface area contributed by atoms with Gasteiger partial charge in [-0.15, -0.1) is 0 Å². The Balaban J connectivity index is 2.11. The summed E-state index contributed by atoms with van der Waals surface area (Å²) in [5.74, 6) is 2.86. The van der Waals surface area contributed by atoms with Gasteiger partial charge in [0.2, 0.25) is 0 Å². The minimum Gasteiger partial charge on any atom is -0.317 e. The Kier molecular flexibility index (Phi) is 1.76. The lowest BCUT2D eigenvalue weighted by Crippen LogP contribution is -2.59. The number of rotatable bonds is 1. The SMILES string of the molecule is CN[C@@H]1CC2C[C@@H]([C@H]1C)C2(C)C. The second-order valence-corrected chi connectivity index (χ2v) is 5.35. The van der Waals surface area contributed by atoms with E-state index in [9.17, 15) is 0 Å². The van der Waals surface area contributed by atoms with Crippen LogP contribution in [0.15, 0.2) is 0 Å². The molecular weight excluding hydrogens is 146 g/mol. The minimum absolute atomic E-state index is 0.646. The summed E-state index contributed by atoms with van der Waals surface area (Å²) >= 11 is 0. The Morgan fingerprint density at radius 3 is 2.33 bits per heavy atom. The van der Waals surface area contributed by atoms with Crippen LogP contribution in [-0.4, -0.2) is 13.1 Å². The smallest absolute Gasteiger partial charge is 0.00953 e. The van der Waals surface area contributed by atoms with E-state index in [0.29, 0.717) is 5.41 Å². The van der Waals surface area contributed by atoms with Crippen LogP contribution < -0.4 is 5.32 Å². The van der Waals surface area contributed by atoms with Crippen molar-refractivity contribution in [3.8, 4) is 0 Å². The van der Waals surface area contributed by atoms with Gasteiger partial charge in [0.05, 0.1) is 0 Å². The molecule has 0 radical (unpaired) electrons. The molecule has 12 heavy (non-hydrogen) atoms. The molecule has 0 aliphatic heterocycles. The molecule has 3 fully saturated rings. The third-order valence-electron chi connectivity index (χ3n) is 4.72. The fraction of sp³-hybridized carbons (Fsp3) is 1.00. The lowest BCUT2D eigenvalue weighted by molar-refractivity contribution is -0.113. The van der Waals surface area contributed by atoms with Crippen molar-refractivity contribution in [2.24, 2.45) is 23.2 Å². The highest BCUT2D eigenvalue weighted by Gasteiger charge is 2.55. The van der Waals surface area contributed by atoms with Gasteiger partial charge in [-0.1, -0.05) is 20.8 Å². The monoisotopic (exact) mass is 167 g/mol. The average Bonchev–Trinajstić information content (AvgIpc) is 2.03. The maximum atomic E-state index is 3.45. The van der Waals surface area contributed by atoms with Gasteiger partial charge in [-0.25, -0.2) is 0 Å². The summed E-state index contributed by atoms with van der Waals surface area (Å²) in [5, 5.41) is 3.45. The van der Waals surface area contributed by atoms with E-state index in [4.69, 9.17) is 0 Å². The van der Waals surface area contributed by atoms with Crippen LogP contribution in [0.3, 0.4) is 0 Å². The van der Waals surface area contributed by atoms with Crippen LogP contribution in [0, 0.1) is 23.2 Å². The zero-order valence-electron chi connectivity index (χ0n) is 8.72. The second kappa shape index (κ2) is 2.47. The van der Waals surface area contributed by atoms with Gasteiger partial charge >= 0.3 is 0 Å². The van der Waals surface area contributed by atoms with Crippen LogP contribution in [0.5, 0.6) is 0 Å². The third kappa shape index (κ3) is 0.891. The number of nitrogens with one attached hydrogen (secondary N) is 1. The summed E-state index contributed by atoms with van der Waals surface area (Å²) in [4.78, 5) is 0. The molecule has 0 amide bonds. The van der Waals surface area contributed by atoms with E-state index >= 15 is 0 Å². The maximum Gasteiger partial charge on any atom is 0.00953 e. The van der Waals surface area contributed by atoms with Crippen LogP contribution in [0.4, 0.5) is 0 Å². The molecule has 0 aromatic carbocycles. The summed E-state index contributed by atoms with van der Waals surface area (Å²) in [6.07, 6.45) is 2.90. The molecule has 2 bridgehead atoms. The normalized spacial score (nSPS) is 50.0. The molecule has 0 spiro atoms. The minimum atomic E-state index is 0.646. The van der Waals surface area contributed by atoms with Crippen molar-refractivity contribution in [2.45, 2.75) is 39.7 Å². The molecule has 3 aliphatic carbocycles. The van der Waals surface area contributed by atoms with Gasteiger partial charge in [-0.05, 0) is 43.1 Å². The first-order chi connectivity index (χ1) is 5.57. The Morgan fingerprint density at radius 2 is 1.92 bits per heavy atom. The summed E-state index contributed by atoms with van der Waals surface area (Å²) in [5.41, 5.74) is 0.646. The number of hydrogen-bond donors (Lipinski definition) is 1. The highest BCUT2D eigenvalue weighted by atomic mass is 14.9. The predicted octanol–water partition coefficient (Wildman–Crippen LogP) is 2.28. The highest BCUT2D eigenvalue weighted by Crippen LogP contribution is 2.61. The summed E-state index contributed by atoms with van der Waals surface area (Å²) in [7, 11) is 2.11. The fourth-order valence-electron chi connectivity index (χ4n) is 3.53. The maximum absolute atomic E-state index is 3.45. The Hall–Kier alpha value is -0.0400. The second-order valence-electron chi connectivity index (χ2n) is 5.35. The van der Waals surface area contributed by atoms with E-state index in [0.717, 1.165) is 23.8 Å². The largest absolute Gasteiger partial charge is 0.317 e. The molecule has 70 valence electrons. The molecule has 1 unspecified atom stereocenters. The fourth-order valence-corrected chi connectivity index (χ4v) is 3.53. The van der Waals surface area contributed by atoms with Gasteiger partial charge in [0.1, 0.15) is 0 Å². The molecular formula is C11H21N. The van der Waals surface area contributed by atoms with Crippen molar-refractivity contribution in [1.29, 1.82) is 0 Å². The Labute approximate surface area is 75.9 Å². The van der Waals surface area contributed by atoms with E-state index in [1.54, 1.807) is 0 Å². The molecule has 1 nitrogen and oxygen atoms in total. The lowest BCUT2D eigenvalue weighted by atomic mass is 9.45. The molecule has 0 heterocycles. The van der Waals surface area contributed by atoms with Crippen molar-refractivity contribution in [3.63, 3.8) is 0 Å². The van der Waals surface area contributed by atoms with E-state index in [-0.39, 0.29) is 0 Å². The van der Waals surface area contributed by atoms with Crippen molar-refractivity contribution < 1.29 is 0 Å². The first kappa shape index (κ1) is 8.55. The van der Waals surface area contributed by atoms with Gasteiger partial charge in [0.25, 0.3) is 0 Å². The van der Waals surface area contributed by atoms with E-state index in [1.165, 1.54) is 12.8 Å². The van der Waals surface area contributed by atoms with E-state index in [2.05, 4.69) is 33.1 Å². The van der Waals surface area contributed by atoms with E-state index < -0.39 is 0 Å². The zero-order valence-corrected chi connectivity index (χ0v) is 8.72. The standard InChI is InChI=1S/C11H21N/c1-7-9-5-8(11(9,2)3)6-10(7)12-4/h7-10,12H,5-6H2,1-4H3/t7-,8?,9+,10-/m1/s1. The van der Waals surface area contributed by atoms with Gasteiger partial charge in [-0.3, -0.25) is 0 Å². The number of fused-ring (bicyclic) bond motifs is 2. The molecule has 1 N–H and O–H groups in total. The molecule has 4 atom stereocenters. The summed E-state index contributed by atoms with van der Waals surface area (Å²) in [6, 6.07) is 0.793. The molecule has 0 aromatic heterocycles. The molecule has 3 rings (SSSR count). The van der Waals surface area contributed by atoms with Crippen molar-refractivity contribution in [1.82, 2.24) is 5.32 Å². The first-order valence-corrected chi connectivity index (χ1v) is 5.24. The summed E-state index contributed by atoms with van der Waals surface area (Å²) in [6.45, 7) is 7.32. The van der Waals surface area contributed by atoms with Crippen LogP contribution in [-0.2, 0) is 0 Å².